The van der Waals surface area contributed by atoms with Crippen LogP contribution in [0.15, 0.2) is 43.0 Å². The molecule has 0 fully saturated rings. The molecule has 0 saturated carbocycles. The van der Waals surface area contributed by atoms with Crippen molar-refractivity contribution in [3.8, 4) is 0 Å². The minimum absolute atomic E-state index is 0.00390. The number of rotatable bonds is 3. The number of carbonyl (C=O) groups is 2. The quantitative estimate of drug-likeness (QED) is 0.527. The van der Waals surface area contributed by atoms with Crippen molar-refractivity contribution in [2.24, 2.45) is 0 Å². The van der Waals surface area contributed by atoms with Gasteiger partial charge in [-0.3, -0.25) is 25.8 Å². The predicted molar refractivity (Wildman–Crippen MR) is 77.8 cm³/mol. The molecule has 0 aliphatic heterocycles. The summed E-state index contributed by atoms with van der Waals surface area (Å²) in [5.74, 6) is -0.740. The van der Waals surface area contributed by atoms with Crippen molar-refractivity contribution in [2.75, 3.05) is 0 Å². The van der Waals surface area contributed by atoms with E-state index in [9.17, 15) is 9.59 Å². The van der Waals surface area contributed by atoms with Gasteiger partial charge in [-0.15, -0.1) is 0 Å². The minimum Gasteiger partial charge on any atom is -0.298 e. The van der Waals surface area contributed by atoms with Crippen molar-refractivity contribution >= 4 is 29.1 Å². The van der Waals surface area contributed by atoms with E-state index in [2.05, 4.69) is 26.3 Å². The van der Waals surface area contributed by atoms with Crippen molar-refractivity contribution in [3.05, 3.63) is 48.5 Å². The third-order valence-electron chi connectivity index (χ3n) is 2.35. The van der Waals surface area contributed by atoms with Gasteiger partial charge in [0.15, 0.2) is 5.11 Å². The summed E-state index contributed by atoms with van der Waals surface area (Å²) in [6.45, 7) is -0.0117. The molecule has 2 amide bonds. The molecule has 1 aromatic carbocycles. The molecule has 0 unspecified atom stereocenters. The lowest BCUT2D eigenvalue weighted by atomic mass is 10.2. The van der Waals surface area contributed by atoms with Gasteiger partial charge in [-0.25, -0.2) is 9.67 Å². The fourth-order valence-electron chi connectivity index (χ4n) is 1.42. The molecule has 0 bridgehead atoms. The van der Waals surface area contributed by atoms with Crippen LogP contribution in [0.5, 0.6) is 0 Å². The first-order valence-corrected chi connectivity index (χ1v) is 6.33. The molecule has 2 rings (SSSR count). The van der Waals surface area contributed by atoms with Crippen LogP contribution in [0, 0.1) is 0 Å². The Morgan fingerprint density at radius 3 is 2.62 bits per heavy atom. The van der Waals surface area contributed by atoms with E-state index in [1.165, 1.54) is 17.3 Å². The number of hydrogen-bond donors (Lipinski definition) is 3. The van der Waals surface area contributed by atoms with Gasteiger partial charge in [0, 0.05) is 5.56 Å². The van der Waals surface area contributed by atoms with Crippen LogP contribution in [0.4, 0.5) is 0 Å². The van der Waals surface area contributed by atoms with E-state index in [1.54, 1.807) is 30.3 Å². The molecule has 108 valence electrons. The molecule has 21 heavy (non-hydrogen) atoms. The van der Waals surface area contributed by atoms with E-state index in [4.69, 9.17) is 12.2 Å². The fraction of sp³-hybridized carbons (Fsp3) is 0.0833. The summed E-state index contributed by atoms with van der Waals surface area (Å²) < 4.78 is 1.35. The molecule has 0 aliphatic carbocycles. The zero-order valence-electron chi connectivity index (χ0n) is 10.8. The normalized spacial score (nSPS) is 9.71. The van der Waals surface area contributed by atoms with Gasteiger partial charge in [0.05, 0.1) is 0 Å². The first-order valence-electron chi connectivity index (χ1n) is 5.93. The second kappa shape index (κ2) is 7.10. The standard InChI is InChI=1S/C12H12N6O2S/c19-10(6-18-8-13-7-14-18)16-17-12(21)15-11(20)9-4-2-1-3-5-9/h1-5,7-8H,6H2,(H,16,19)(H2,15,17,20,21). The van der Waals surface area contributed by atoms with Crippen LogP contribution < -0.4 is 16.2 Å². The largest absolute Gasteiger partial charge is 0.298 e. The molecular weight excluding hydrogens is 292 g/mol. The van der Waals surface area contributed by atoms with Crippen LogP contribution in [-0.4, -0.2) is 31.7 Å². The highest BCUT2D eigenvalue weighted by Crippen LogP contribution is 1.97. The predicted octanol–water partition coefficient (Wildman–Crippen LogP) is -0.386. The van der Waals surface area contributed by atoms with E-state index in [-0.39, 0.29) is 23.5 Å². The Labute approximate surface area is 125 Å². The lowest BCUT2D eigenvalue weighted by Gasteiger charge is -2.10. The van der Waals surface area contributed by atoms with Crippen molar-refractivity contribution < 1.29 is 9.59 Å². The summed E-state index contributed by atoms with van der Waals surface area (Å²) in [7, 11) is 0. The number of carbonyl (C=O) groups excluding carboxylic acids is 2. The van der Waals surface area contributed by atoms with E-state index < -0.39 is 0 Å². The SMILES string of the molecule is O=C(Cn1cncn1)NNC(=S)NC(=O)c1ccccc1. The van der Waals surface area contributed by atoms with Gasteiger partial charge < -0.3 is 0 Å². The zero-order chi connectivity index (χ0) is 15.1. The molecule has 0 spiro atoms. The van der Waals surface area contributed by atoms with Crippen molar-refractivity contribution in [1.82, 2.24) is 30.9 Å². The molecule has 1 aromatic heterocycles. The smallest absolute Gasteiger partial charge is 0.260 e. The number of thiocarbonyl (C=S) groups is 1. The number of nitrogens with zero attached hydrogens (tertiary/aromatic N) is 3. The summed E-state index contributed by atoms with van der Waals surface area (Å²) in [6, 6.07) is 8.59. The van der Waals surface area contributed by atoms with Gasteiger partial charge in [0.2, 0.25) is 0 Å². The molecule has 2 aromatic rings. The van der Waals surface area contributed by atoms with Gasteiger partial charge in [0.1, 0.15) is 19.2 Å². The van der Waals surface area contributed by atoms with Gasteiger partial charge in [0.25, 0.3) is 11.8 Å². The van der Waals surface area contributed by atoms with Gasteiger partial charge >= 0.3 is 0 Å². The van der Waals surface area contributed by atoms with Crippen molar-refractivity contribution in [2.45, 2.75) is 6.54 Å². The first kappa shape index (κ1) is 14.6. The Kier molecular flexibility index (Phi) is 4.94. The van der Waals surface area contributed by atoms with Gasteiger partial charge in [-0.1, -0.05) is 18.2 Å². The first-order chi connectivity index (χ1) is 10.1. The molecule has 0 saturated heterocycles. The third kappa shape index (κ3) is 4.66. The Morgan fingerprint density at radius 1 is 1.19 bits per heavy atom. The highest BCUT2D eigenvalue weighted by molar-refractivity contribution is 7.80. The average molecular weight is 304 g/mol. The molecule has 8 nitrogen and oxygen atoms in total. The molecular formula is C12H12N6O2S. The van der Waals surface area contributed by atoms with Crippen LogP contribution in [-0.2, 0) is 11.3 Å². The van der Waals surface area contributed by atoms with Crippen LogP contribution in [0.25, 0.3) is 0 Å². The molecule has 0 atom stereocenters. The monoisotopic (exact) mass is 304 g/mol. The van der Waals surface area contributed by atoms with E-state index >= 15 is 0 Å². The Bertz CT molecular complexity index is 628. The van der Waals surface area contributed by atoms with Crippen molar-refractivity contribution in [3.63, 3.8) is 0 Å². The minimum atomic E-state index is -0.378. The number of hydrogen-bond acceptors (Lipinski definition) is 5. The van der Waals surface area contributed by atoms with Crippen molar-refractivity contribution in [1.29, 1.82) is 0 Å². The van der Waals surface area contributed by atoms with Crippen LogP contribution in [0.3, 0.4) is 0 Å². The summed E-state index contributed by atoms with van der Waals surface area (Å²) in [5, 5.41) is 6.22. The zero-order valence-corrected chi connectivity index (χ0v) is 11.6. The molecule has 0 radical (unpaired) electrons. The number of amides is 2. The summed E-state index contributed by atoms with van der Waals surface area (Å²) >= 11 is 4.90. The van der Waals surface area contributed by atoms with Crippen LogP contribution >= 0.6 is 12.2 Å². The van der Waals surface area contributed by atoms with Crippen LogP contribution in [0.1, 0.15) is 10.4 Å². The lowest BCUT2D eigenvalue weighted by Crippen LogP contribution is -2.49. The lowest BCUT2D eigenvalue weighted by molar-refractivity contribution is -0.122. The number of nitrogens with one attached hydrogen (secondary N) is 3. The van der Waals surface area contributed by atoms with E-state index in [1.807, 2.05) is 0 Å². The number of hydrazine groups is 1. The number of aromatic nitrogens is 3. The second-order valence-corrected chi connectivity index (χ2v) is 4.32. The maximum atomic E-state index is 11.8. The third-order valence-corrected chi connectivity index (χ3v) is 2.55. The highest BCUT2D eigenvalue weighted by atomic mass is 32.1. The molecule has 0 aliphatic rings. The molecule has 1 heterocycles. The summed E-state index contributed by atoms with van der Waals surface area (Å²) in [4.78, 5) is 27.0. The fourth-order valence-corrected chi connectivity index (χ4v) is 1.57. The van der Waals surface area contributed by atoms with Gasteiger partial charge in [-0.05, 0) is 24.4 Å². The van der Waals surface area contributed by atoms with E-state index in [0.29, 0.717) is 5.56 Å². The highest BCUT2D eigenvalue weighted by Gasteiger charge is 2.08. The average Bonchev–Trinajstić information content (AvgIpc) is 2.99. The van der Waals surface area contributed by atoms with E-state index in [0.717, 1.165) is 0 Å². The Hall–Kier alpha value is -2.81. The molecule has 3 N–H and O–H groups in total. The topological polar surface area (TPSA) is 101 Å². The Balaban J connectivity index is 1.75. The van der Waals surface area contributed by atoms with Gasteiger partial charge in [-0.2, -0.15) is 5.10 Å². The maximum Gasteiger partial charge on any atom is 0.260 e. The Morgan fingerprint density at radius 2 is 1.95 bits per heavy atom. The maximum absolute atomic E-state index is 11.8. The number of benzene rings is 1. The second-order valence-electron chi connectivity index (χ2n) is 3.92. The van der Waals surface area contributed by atoms with Crippen LogP contribution in [0.2, 0.25) is 0 Å². The summed E-state index contributed by atoms with van der Waals surface area (Å²) in [5.41, 5.74) is 5.25. The molecule has 9 heteroatoms. The summed E-state index contributed by atoms with van der Waals surface area (Å²) in [6.07, 6.45) is 2.74.